The van der Waals surface area contributed by atoms with E-state index < -0.39 is 47.7 Å². The van der Waals surface area contributed by atoms with Crippen molar-refractivity contribution in [2.24, 2.45) is 11.8 Å². The Hall–Kier alpha value is -4.88. The number of unbranched alkanes of at least 4 members (excludes halogenated alkanes) is 3. The summed E-state index contributed by atoms with van der Waals surface area (Å²) < 4.78 is 14.7. The quantitative estimate of drug-likeness (QED) is 0.107. The van der Waals surface area contributed by atoms with E-state index in [9.17, 15) is 24.3 Å². The summed E-state index contributed by atoms with van der Waals surface area (Å²) in [5, 5.41) is 17.9. The van der Waals surface area contributed by atoms with Crippen LogP contribution in [0.5, 0.6) is 0 Å². The van der Waals surface area contributed by atoms with Crippen LogP contribution < -0.4 is 0 Å². The molecule has 0 unspecified atom stereocenters. The third-order valence-electron chi connectivity index (χ3n) is 11.4. The lowest BCUT2D eigenvalue weighted by atomic mass is 9.70. The maximum atomic E-state index is 14.9. The molecule has 13 heteroatoms. The molecule has 288 valence electrons. The second-order valence-electron chi connectivity index (χ2n) is 14.6. The summed E-state index contributed by atoms with van der Waals surface area (Å²) in [6.45, 7) is 10.1. The van der Waals surface area contributed by atoms with Gasteiger partial charge in [0.25, 0.3) is 0 Å². The Balaban J connectivity index is 1.31. The number of benzene rings is 2. The first-order chi connectivity index (χ1) is 26.2. The molecule has 4 heterocycles. The number of carbonyl (C=O) groups is 4. The number of aliphatic hydroxyl groups excluding tert-OH is 1. The first-order valence-corrected chi connectivity index (χ1v) is 19.1. The zero-order valence-electron chi connectivity index (χ0n) is 31.3. The SMILES string of the molecule is C=CCCC(=O)N(C)[C@H](C)[C@H](OC(=O)[C@@H]1[C@H]2C(=O)N(CCCCCCO)[C@H](C(=O)N(CC=C)Cn3nnc4ccccc43)[C@]23CC[C@H]1O3)c1ccccc1. The topological polar surface area (TPSA) is 147 Å². The zero-order chi connectivity index (χ0) is 38.4. The zero-order valence-corrected chi connectivity index (χ0v) is 31.3. The van der Waals surface area contributed by atoms with Crippen molar-refractivity contribution in [1.29, 1.82) is 0 Å². The molecule has 2 bridgehead atoms. The van der Waals surface area contributed by atoms with Gasteiger partial charge in [-0.1, -0.05) is 72.7 Å². The molecule has 0 aliphatic carbocycles. The van der Waals surface area contributed by atoms with Gasteiger partial charge in [0.2, 0.25) is 17.7 Å². The van der Waals surface area contributed by atoms with Crippen molar-refractivity contribution in [2.75, 3.05) is 26.7 Å². The van der Waals surface area contributed by atoms with Crippen LogP contribution in [-0.4, -0.2) is 109 Å². The van der Waals surface area contributed by atoms with Gasteiger partial charge < -0.3 is 29.3 Å². The number of likely N-dealkylation sites (tertiary alicyclic amines) is 1. The Morgan fingerprint density at radius 2 is 1.81 bits per heavy atom. The van der Waals surface area contributed by atoms with E-state index in [0.717, 1.165) is 23.9 Å². The molecule has 2 aromatic carbocycles. The van der Waals surface area contributed by atoms with Gasteiger partial charge in [-0.3, -0.25) is 19.2 Å². The minimum atomic E-state index is -1.23. The second kappa shape index (κ2) is 17.1. The van der Waals surface area contributed by atoms with Gasteiger partial charge in [0.15, 0.2) is 0 Å². The van der Waals surface area contributed by atoms with E-state index >= 15 is 0 Å². The number of nitrogens with zero attached hydrogens (tertiary/aromatic N) is 6. The van der Waals surface area contributed by atoms with Crippen molar-refractivity contribution in [1.82, 2.24) is 29.7 Å². The van der Waals surface area contributed by atoms with Crippen LogP contribution in [0.25, 0.3) is 11.0 Å². The molecule has 1 N–H and O–H groups in total. The summed E-state index contributed by atoms with van der Waals surface area (Å²) >= 11 is 0. The number of likely N-dealkylation sites (N-methyl/N-ethyl adjacent to an activating group) is 1. The summed E-state index contributed by atoms with van der Waals surface area (Å²) in [5.74, 6) is -3.16. The van der Waals surface area contributed by atoms with E-state index in [1.807, 2.05) is 61.5 Å². The number of aromatic nitrogens is 3. The first kappa shape index (κ1) is 38.8. The molecule has 6 rings (SSSR count). The van der Waals surface area contributed by atoms with Crippen molar-refractivity contribution in [2.45, 2.75) is 94.9 Å². The second-order valence-corrected chi connectivity index (χ2v) is 14.6. The molecule has 0 radical (unpaired) electrons. The predicted octanol–water partition coefficient (Wildman–Crippen LogP) is 4.43. The summed E-state index contributed by atoms with van der Waals surface area (Å²) in [7, 11) is 1.70. The standard InChI is InChI=1S/C41H52N6O7/c1-5-7-21-33(49)44(4)28(3)36(29-17-11-10-12-18-29)53-40(52)34-32-22-23-41(54-32)35(34)38(50)46(25-15-8-9-16-26-48)37(41)39(51)45(24-6-2)27-47-31-20-14-13-19-30(31)42-43-47/h5-6,10-14,17-20,28,32,34-37,48H,1-2,7-9,15-16,21-27H2,3-4H3/t28-,32-,34+,35+,36+,37-,41+/m1/s1. The molecule has 13 nitrogen and oxygen atoms in total. The predicted molar refractivity (Wildman–Crippen MR) is 201 cm³/mol. The van der Waals surface area contributed by atoms with Gasteiger partial charge in [-0.25, -0.2) is 4.68 Å². The molecular weight excluding hydrogens is 688 g/mol. The number of ether oxygens (including phenoxy) is 2. The van der Waals surface area contributed by atoms with Crippen LogP contribution in [0.15, 0.2) is 79.9 Å². The van der Waals surface area contributed by atoms with Gasteiger partial charge in [0, 0.05) is 33.2 Å². The summed E-state index contributed by atoms with van der Waals surface area (Å²) in [5.41, 5.74) is 0.937. The number of allylic oxidation sites excluding steroid dienone is 1. The normalized spacial score (nSPS) is 23.9. The Morgan fingerprint density at radius 3 is 2.56 bits per heavy atom. The lowest BCUT2D eigenvalue weighted by molar-refractivity contribution is -0.164. The van der Waals surface area contributed by atoms with Gasteiger partial charge in [0.1, 0.15) is 29.9 Å². The van der Waals surface area contributed by atoms with Crippen molar-refractivity contribution < 1.29 is 33.8 Å². The number of rotatable bonds is 19. The molecule has 1 aromatic heterocycles. The first-order valence-electron chi connectivity index (χ1n) is 19.1. The number of fused-ring (bicyclic) bond motifs is 2. The van der Waals surface area contributed by atoms with E-state index in [0.29, 0.717) is 44.2 Å². The molecule has 3 amide bonds. The number of aliphatic hydroxyl groups is 1. The number of carbonyl (C=O) groups excluding carboxylic acids is 4. The lowest BCUT2D eigenvalue weighted by Gasteiger charge is -2.37. The molecule has 3 fully saturated rings. The van der Waals surface area contributed by atoms with Crippen LogP contribution in [0.4, 0.5) is 0 Å². The highest BCUT2D eigenvalue weighted by Gasteiger charge is 2.75. The van der Waals surface area contributed by atoms with E-state index in [1.54, 1.807) is 38.6 Å². The number of amides is 3. The van der Waals surface area contributed by atoms with Crippen molar-refractivity contribution >= 4 is 34.7 Å². The van der Waals surface area contributed by atoms with Crippen LogP contribution in [0.1, 0.15) is 70.0 Å². The molecule has 3 saturated heterocycles. The Labute approximate surface area is 316 Å². The molecule has 3 aliphatic rings. The molecule has 1 spiro atoms. The average Bonchev–Trinajstić information content (AvgIpc) is 3.94. The maximum absolute atomic E-state index is 14.9. The highest BCUT2D eigenvalue weighted by atomic mass is 16.6. The number of para-hydroxylation sites is 1. The van der Waals surface area contributed by atoms with Gasteiger partial charge >= 0.3 is 5.97 Å². The van der Waals surface area contributed by atoms with Crippen molar-refractivity contribution in [3.63, 3.8) is 0 Å². The number of hydrogen-bond acceptors (Lipinski definition) is 9. The van der Waals surface area contributed by atoms with Crippen molar-refractivity contribution in [3.8, 4) is 0 Å². The van der Waals surface area contributed by atoms with Gasteiger partial charge in [-0.15, -0.1) is 18.3 Å². The molecule has 54 heavy (non-hydrogen) atoms. The van der Waals surface area contributed by atoms with Crippen LogP contribution >= 0.6 is 0 Å². The minimum Gasteiger partial charge on any atom is -0.455 e. The van der Waals surface area contributed by atoms with Gasteiger partial charge in [-0.2, -0.15) is 0 Å². The third kappa shape index (κ3) is 7.43. The molecule has 3 aliphatic heterocycles. The lowest BCUT2D eigenvalue weighted by Crippen LogP contribution is -2.56. The number of esters is 1. The summed E-state index contributed by atoms with van der Waals surface area (Å²) in [6.07, 6.45) is 6.43. The van der Waals surface area contributed by atoms with Gasteiger partial charge in [-0.05, 0) is 56.7 Å². The highest BCUT2D eigenvalue weighted by molar-refractivity contribution is 5.98. The fourth-order valence-electron chi connectivity index (χ4n) is 8.54. The third-order valence-corrected chi connectivity index (χ3v) is 11.4. The molecule has 3 aromatic rings. The fourth-order valence-corrected chi connectivity index (χ4v) is 8.54. The van der Waals surface area contributed by atoms with E-state index in [1.165, 1.54) is 0 Å². The summed E-state index contributed by atoms with van der Waals surface area (Å²) in [6, 6.07) is 15.3. The summed E-state index contributed by atoms with van der Waals surface area (Å²) in [4.78, 5) is 62.0. The Bertz CT molecular complexity index is 1830. The number of hydrogen-bond donors (Lipinski definition) is 1. The van der Waals surface area contributed by atoms with Crippen molar-refractivity contribution in [3.05, 3.63) is 85.5 Å². The Kier molecular flexibility index (Phi) is 12.3. The smallest absolute Gasteiger partial charge is 0.313 e. The average molecular weight is 741 g/mol. The molecule has 7 atom stereocenters. The molecule has 0 saturated carbocycles. The van der Waals surface area contributed by atoms with E-state index in [4.69, 9.17) is 9.47 Å². The molecular formula is C41H52N6O7. The Morgan fingerprint density at radius 1 is 1.07 bits per heavy atom. The van der Waals surface area contributed by atoms with E-state index in [2.05, 4.69) is 23.5 Å². The van der Waals surface area contributed by atoms with E-state index in [-0.39, 0.29) is 44.0 Å². The highest BCUT2D eigenvalue weighted by Crippen LogP contribution is 2.59. The monoisotopic (exact) mass is 740 g/mol. The largest absolute Gasteiger partial charge is 0.455 e. The maximum Gasteiger partial charge on any atom is 0.313 e. The minimum absolute atomic E-state index is 0.0751. The van der Waals surface area contributed by atoms with Crippen LogP contribution in [-0.2, 0) is 35.3 Å². The van der Waals surface area contributed by atoms with Crippen LogP contribution in [0.2, 0.25) is 0 Å². The van der Waals surface area contributed by atoms with Crippen LogP contribution in [0, 0.1) is 11.8 Å². The van der Waals surface area contributed by atoms with Crippen LogP contribution in [0.3, 0.4) is 0 Å². The van der Waals surface area contributed by atoms with Gasteiger partial charge in [0.05, 0.1) is 29.5 Å². The fraction of sp³-hybridized carbons (Fsp3) is 0.512.